The molecule has 1 atom stereocenters. The summed E-state index contributed by atoms with van der Waals surface area (Å²) in [4.78, 5) is 22.7. The molecule has 0 heterocycles. The quantitative estimate of drug-likeness (QED) is 0.358. The SMILES string of the molecule is CC[Si](CC)(OC(O)(CO)C(=C=O)COC)C(C)=O. The molecule has 0 aromatic carbocycles. The van der Waals surface area contributed by atoms with Gasteiger partial charge in [-0.25, -0.2) is 4.79 Å². The molecular formula is C12H22O6Si. The molecule has 0 rings (SSSR count). The number of aliphatic hydroxyl groups excluding tert-OH is 1. The summed E-state index contributed by atoms with van der Waals surface area (Å²) >= 11 is 0. The fourth-order valence-electron chi connectivity index (χ4n) is 1.84. The zero-order valence-corrected chi connectivity index (χ0v) is 12.9. The molecule has 1 unspecified atom stereocenters. The van der Waals surface area contributed by atoms with Crippen molar-refractivity contribution in [3.8, 4) is 0 Å². The van der Waals surface area contributed by atoms with Crippen LogP contribution in [0.15, 0.2) is 5.57 Å². The Hall–Kier alpha value is -0.823. The Bertz CT molecular complexity index is 359. The molecule has 0 spiro atoms. The van der Waals surface area contributed by atoms with Gasteiger partial charge in [-0.2, -0.15) is 0 Å². The Labute approximate surface area is 114 Å². The zero-order chi connectivity index (χ0) is 15.1. The summed E-state index contributed by atoms with van der Waals surface area (Å²) in [6.07, 6.45) is 0. The van der Waals surface area contributed by atoms with Crippen molar-refractivity contribution < 1.29 is 29.0 Å². The molecule has 19 heavy (non-hydrogen) atoms. The van der Waals surface area contributed by atoms with Crippen molar-refractivity contribution in [3.05, 3.63) is 5.57 Å². The van der Waals surface area contributed by atoms with E-state index in [0.717, 1.165) is 0 Å². The summed E-state index contributed by atoms with van der Waals surface area (Å²) in [6.45, 7) is 3.92. The summed E-state index contributed by atoms with van der Waals surface area (Å²) in [6, 6.07) is 0.889. The number of carbonyl (C=O) groups is 1. The molecule has 7 heteroatoms. The van der Waals surface area contributed by atoms with Crippen LogP contribution in [0.3, 0.4) is 0 Å². The fourth-order valence-corrected chi connectivity index (χ4v) is 4.61. The van der Waals surface area contributed by atoms with Gasteiger partial charge in [-0.05, 0) is 19.0 Å². The Morgan fingerprint density at radius 2 is 1.89 bits per heavy atom. The smallest absolute Gasteiger partial charge is 0.267 e. The van der Waals surface area contributed by atoms with E-state index < -0.39 is 20.7 Å². The zero-order valence-electron chi connectivity index (χ0n) is 11.9. The van der Waals surface area contributed by atoms with Crippen molar-refractivity contribution in [2.75, 3.05) is 20.3 Å². The molecule has 0 saturated carbocycles. The highest BCUT2D eigenvalue weighted by Crippen LogP contribution is 2.27. The lowest BCUT2D eigenvalue weighted by molar-refractivity contribution is -0.150. The summed E-state index contributed by atoms with van der Waals surface area (Å²) in [5, 5.41) is 19.5. The number of carbonyl (C=O) groups excluding carboxylic acids is 2. The lowest BCUT2D eigenvalue weighted by atomic mass is 10.1. The van der Waals surface area contributed by atoms with Crippen LogP contribution < -0.4 is 0 Å². The summed E-state index contributed by atoms with van der Waals surface area (Å²) in [7, 11) is -1.55. The average molecular weight is 290 g/mol. The van der Waals surface area contributed by atoms with Crippen LogP contribution in [0.4, 0.5) is 0 Å². The maximum atomic E-state index is 11.8. The van der Waals surface area contributed by atoms with Gasteiger partial charge < -0.3 is 24.2 Å². The third-order valence-corrected chi connectivity index (χ3v) is 7.54. The molecule has 0 aromatic rings. The molecule has 0 radical (unpaired) electrons. The predicted octanol–water partition coefficient (Wildman–Crippen LogP) is 0.202. The van der Waals surface area contributed by atoms with Gasteiger partial charge in [0.05, 0.1) is 12.2 Å². The van der Waals surface area contributed by atoms with Crippen LogP contribution in [0.1, 0.15) is 20.8 Å². The number of aliphatic hydroxyl groups is 2. The summed E-state index contributed by atoms with van der Waals surface area (Å²) in [5.74, 6) is -0.685. The van der Waals surface area contributed by atoms with Crippen molar-refractivity contribution in [2.45, 2.75) is 38.6 Å². The van der Waals surface area contributed by atoms with E-state index in [9.17, 15) is 19.8 Å². The Morgan fingerprint density at radius 3 is 2.16 bits per heavy atom. The lowest BCUT2D eigenvalue weighted by Crippen LogP contribution is -2.55. The third kappa shape index (κ3) is 4.07. The van der Waals surface area contributed by atoms with Crippen LogP contribution in [0.5, 0.6) is 0 Å². The van der Waals surface area contributed by atoms with E-state index in [2.05, 4.69) is 0 Å². The Balaban J connectivity index is 5.47. The number of hydrogen-bond acceptors (Lipinski definition) is 6. The van der Waals surface area contributed by atoms with Crippen molar-refractivity contribution in [1.29, 1.82) is 0 Å². The molecule has 110 valence electrons. The minimum absolute atomic E-state index is 0.146. The largest absolute Gasteiger partial charge is 0.390 e. The second kappa shape index (κ2) is 7.69. The van der Waals surface area contributed by atoms with Crippen LogP contribution in [-0.2, 0) is 18.8 Å². The van der Waals surface area contributed by atoms with Crippen LogP contribution in [0.25, 0.3) is 0 Å². The Kier molecular flexibility index (Phi) is 7.36. The van der Waals surface area contributed by atoms with Gasteiger partial charge in [0.15, 0.2) is 0 Å². The van der Waals surface area contributed by atoms with Crippen LogP contribution in [0.2, 0.25) is 12.1 Å². The first-order valence-electron chi connectivity index (χ1n) is 6.13. The van der Waals surface area contributed by atoms with Crippen LogP contribution >= 0.6 is 0 Å². The minimum atomic E-state index is -2.89. The number of hydrogen-bond donors (Lipinski definition) is 2. The molecular weight excluding hydrogens is 268 g/mol. The standard InChI is InChI=1S/C12H22O6Si/c1-5-19(6-2,10(3)15)18-12(16,9-14)11(7-13)8-17-4/h14,16H,5-6,8-9H2,1-4H3. The fraction of sp³-hybridized carbons (Fsp3) is 0.750. The van der Waals surface area contributed by atoms with Gasteiger partial charge in [0.1, 0.15) is 18.0 Å². The summed E-state index contributed by atoms with van der Waals surface area (Å²) in [5.41, 5.74) is -0.252. The molecule has 6 nitrogen and oxygen atoms in total. The van der Waals surface area contributed by atoms with E-state index >= 15 is 0 Å². The molecule has 0 aliphatic rings. The van der Waals surface area contributed by atoms with E-state index in [1.54, 1.807) is 13.8 Å². The molecule has 0 amide bonds. The second-order valence-electron chi connectivity index (χ2n) is 4.32. The summed E-state index contributed by atoms with van der Waals surface area (Å²) < 4.78 is 10.3. The maximum absolute atomic E-state index is 11.8. The highest BCUT2D eigenvalue weighted by atomic mass is 28.4. The maximum Gasteiger partial charge on any atom is 0.267 e. The second-order valence-corrected chi connectivity index (χ2v) is 8.63. The minimum Gasteiger partial charge on any atom is -0.390 e. The first-order valence-corrected chi connectivity index (χ1v) is 8.45. The van der Waals surface area contributed by atoms with Gasteiger partial charge >= 0.3 is 0 Å². The van der Waals surface area contributed by atoms with Crippen LogP contribution in [-0.4, -0.2) is 56.0 Å². The molecule has 0 aliphatic carbocycles. The van der Waals surface area contributed by atoms with E-state index in [1.165, 1.54) is 20.0 Å². The van der Waals surface area contributed by atoms with Gasteiger partial charge in [-0.1, -0.05) is 13.8 Å². The van der Waals surface area contributed by atoms with Gasteiger partial charge in [0, 0.05) is 7.11 Å². The molecule has 0 aromatic heterocycles. The van der Waals surface area contributed by atoms with Crippen molar-refractivity contribution in [1.82, 2.24) is 0 Å². The topological polar surface area (TPSA) is 93.1 Å². The normalized spacial score (nSPS) is 14.6. The van der Waals surface area contributed by atoms with E-state index in [0.29, 0.717) is 12.1 Å². The Morgan fingerprint density at radius 1 is 1.37 bits per heavy atom. The molecule has 2 N–H and O–H groups in total. The molecule has 0 saturated heterocycles. The van der Waals surface area contributed by atoms with Crippen molar-refractivity contribution in [3.63, 3.8) is 0 Å². The monoisotopic (exact) mass is 290 g/mol. The predicted molar refractivity (Wildman–Crippen MR) is 71.6 cm³/mol. The van der Waals surface area contributed by atoms with Gasteiger partial charge in [-0.15, -0.1) is 0 Å². The third-order valence-electron chi connectivity index (χ3n) is 3.25. The first-order chi connectivity index (χ1) is 8.85. The average Bonchev–Trinajstić information content (AvgIpc) is 2.41. The number of rotatable bonds is 9. The van der Waals surface area contributed by atoms with Gasteiger partial charge in [-0.3, -0.25) is 0 Å². The van der Waals surface area contributed by atoms with Gasteiger partial charge in [0.2, 0.25) is 5.79 Å². The van der Waals surface area contributed by atoms with E-state index in [4.69, 9.17) is 9.16 Å². The van der Waals surface area contributed by atoms with Gasteiger partial charge in [0.25, 0.3) is 8.32 Å². The molecule has 0 bridgehead atoms. The molecule has 0 fully saturated rings. The van der Waals surface area contributed by atoms with E-state index in [1.807, 2.05) is 0 Å². The van der Waals surface area contributed by atoms with Crippen molar-refractivity contribution >= 4 is 19.7 Å². The highest BCUT2D eigenvalue weighted by molar-refractivity contribution is 7.01. The lowest BCUT2D eigenvalue weighted by Gasteiger charge is -2.36. The molecule has 0 aliphatic heterocycles. The highest BCUT2D eigenvalue weighted by Gasteiger charge is 2.47. The van der Waals surface area contributed by atoms with E-state index in [-0.39, 0.29) is 17.6 Å². The number of ether oxygens (including phenoxy) is 1. The van der Waals surface area contributed by atoms with Crippen LogP contribution in [0, 0.1) is 0 Å². The van der Waals surface area contributed by atoms with Crippen molar-refractivity contribution in [2.24, 2.45) is 0 Å². The number of methoxy groups -OCH3 is 1. The first kappa shape index (κ1) is 18.2.